The molecule has 1 saturated heterocycles. The summed E-state index contributed by atoms with van der Waals surface area (Å²) >= 11 is 0. The van der Waals surface area contributed by atoms with Gasteiger partial charge in [0.15, 0.2) is 6.61 Å². The summed E-state index contributed by atoms with van der Waals surface area (Å²) in [6, 6.07) is 3.28. The fraction of sp³-hybridized carbons (Fsp3) is 0.562. The monoisotopic (exact) mass is 330 g/mol. The molecule has 1 aromatic rings. The number of aryl methyl sites for hydroxylation is 2. The van der Waals surface area contributed by atoms with E-state index in [0.717, 1.165) is 16.0 Å². The molecule has 1 aromatic carbocycles. The van der Waals surface area contributed by atoms with Gasteiger partial charge in [-0.05, 0) is 43.9 Å². The van der Waals surface area contributed by atoms with Gasteiger partial charge in [0.25, 0.3) is 5.91 Å². The molecule has 4 nitrogen and oxygen atoms in total. The first kappa shape index (κ1) is 17.6. The lowest BCUT2D eigenvalue weighted by atomic mass is 9.98. The van der Waals surface area contributed by atoms with E-state index in [-0.39, 0.29) is 19.4 Å². The molecule has 128 valence electrons. The number of nitrogens with zero attached hydrogens (tertiary/aromatic N) is 1. The highest BCUT2D eigenvalue weighted by Crippen LogP contribution is 2.31. The summed E-state index contributed by atoms with van der Waals surface area (Å²) in [6.07, 6.45) is -4.36. The van der Waals surface area contributed by atoms with Crippen molar-refractivity contribution >= 4 is 5.91 Å². The van der Waals surface area contributed by atoms with Crippen LogP contribution >= 0.6 is 0 Å². The number of rotatable bonds is 3. The van der Waals surface area contributed by atoms with Crippen molar-refractivity contribution in [2.24, 2.45) is 5.73 Å². The summed E-state index contributed by atoms with van der Waals surface area (Å²) in [6.45, 7) is 3.16. The summed E-state index contributed by atoms with van der Waals surface area (Å²) in [7, 11) is 0. The molecule has 0 bridgehead atoms. The van der Waals surface area contributed by atoms with Crippen molar-refractivity contribution in [3.05, 3.63) is 29.3 Å². The largest absolute Gasteiger partial charge is 0.483 e. The van der Waals surface area contributed by atoms with E-state index in [4.69, 9.17) is 10.5 Å². The lowest BCUT2D eigenvalue weighted by molar-refractivity contribution is -0.197. The van der Waals surface area contributed by atoms with Crippen molar-refractivity contribution in [3.63, 3.8) is 0 Å². The van der Waals surface area contributed by atoms with Crippen LogP contribution in [0.25, 0.3) is 0 Å². The molecule has 1 heterocycles. The molecule has 2 N–H and O–H groups in total. The Kier molecular flexibility index (Phi) is 5.19. The second kappa shape index (κ2) is 6.78. The van der Waals surface area contributed by atoms with Gasteiger partial charge >= 0.3 is 6.18 Å². The molecule has 1 aliphatic rings. The van der Waals surface area contributed by atoms with Gasteiger partial charge in [0.2, 0.25) is 0 Å². The van der Waals surface area contributed by atoms with Gasteiger partial charge in [-0.25, -0.2) is 0 Å². The first-order valence-corrected chi connectivity index (χ1v) is 7.50. The number of likely N-dealkylation sites (tertiary alicyclic amines) is 1. The molecule has 0 aromatic heterocycles. The Morgan fingerprint density at radius 3 is 2.70 bits per heavy atom. The highest BCUT2D eigenvalue weighted by molar-refractivity contribution is 5.78. The summed E-state index contributed by atoms with van der Waals surface area (Å²) in [5.74, 6) is -0.188. The number of nitrogens with two attached hydrogens (primary N) is 1. The fourth-order valence-electron chi connectivity index (χ4n) is 2.70. The number of piperidine rings is 1. The minimum Gasteiger partial charge on any atom is -0.483 e. The van der Waals surface area contributed by atoms with E-state index in [1.54, 1.807) is 6.07 Å². The molecule has 7 heteroatoms. The zero-order valence-corrected chi connectivity index (χ0v) is 13.2. The Hall–Kier alpha value is -1.76. The molecular weight excluding hydrogens is 309 g/mol. The van der Waals surface area contributed by atoms with Crippen LogP contribution in [0.5, 0.6) is 5.75 Å². The molecule has 2 atom stereocenters. The third-order valence-electron chi connectivity index (χ3n) is 4.01. The number of carbonyl (C=O) groups is 1. The predicted octanol–water partition coefficient (Wildman–Crippen LogP) is 2.56. The second-order valence-corrected chi connectivity index (χ2v) is 6.00. The summed E-state index contributed by atoms with van der Waals surface area (Å²) in [5.41, 5.74) is 7.49. The number of hydrogen-bond acceptors (Lipinski definition) is 3. The van der Waals surface area contributed by atoms with Crippen molar-refractivity contribution in [3.8, 4) is 5.75 Å². The second-order valence-electron chi connectivity index (χ2n) is 6.00. The first-order valence-electron chi connectivity index (χ1n) is 7.50. The zero-order chi connectivity index (χ0) is 17.2. The molecule has 1 amide bonds. The SMILES string of the molecule is Cc1ccc(C)c(OCC(=O)N2C[C@@H](N)CC[C@@H]2C(F)(F)F)c1. The van der Waals surface area contributed by atoms with E-state index in [9.17, 15) is 18.0 Å². The van der Waals surface area contributed by atoms with Crippen LogP contribution < -0.4 is 10.5 Å². The van der Waals surface area contributed by atoms with Crippen LogP contribution in [0.4, 0.5) is 13.2 Å². The number of ether oxygens (including phenoxy) is 1. The van der Waals surface area contributed by atoms with E-state index in [0.29, 0.717) is 5.75 Å². The number of amides is 1. The molecule has 1 aliphatic heterocycles. The van der Waals surface area contributed by atoms with E-state index in [1.165, 1.54) is 0 Å². The Morgan fingerprint density at radius 1 is 1.35 bits per heavy atom. The Bertz CT molecular complexity index is 575. The highest BCUT2D eigenvalue weighted by Gasteiger charge is 2.47. The van der Waals surface area contributed by atoms with Gasteiger partial charge in [-0.2, -0.15) is 13.2 Å². The van der Waals surface area contributed by atoms with Crippen molar-refractivity contribution in [2.75, 3.05) is 13.2 Å². The average Bonchev–Trinajstić information content (AvgIpc) is 2.46. The standard InChI is InChI=1S/C16H21F3N2O2/c1-10-3-4-11(2)13(7-10)23-9-15(22)21-8-12(20)5-6-14(21)16(17,18)19/h3-4,7,12,14H,5-6,8-9,20H2,1-2H3/t12-,14+/m0/s1. The predicted molar refractivity (Wildman–Crippen MR) is 80.2 cm³/mol. The molecule has 0 aliphatic carbocycles. The summed E-state index contributed by atoms with van der Waals surface area (Å²) < 4.78 is 44.7. The third-order valence-corrected chi connectivity index (χ3v) is 4.01. The van der Waals surface area contributed by atoms with Crippen LogP contribution in [0.3, 0.4) is 0 Å². The van der Waals surface area contributed by atoms with Crippen LogP contribution in [0.15, 0.2) is 18.2 Å². The van der Waals surface area contributed by atoms with Crippen molar-refractivity contribution in [1.82, 2.24) is 4.90 Å². The topological polar surface area (TPSA) is 55.6 Å². The zero-order valence-electron chi connectivity index (χ0n) is 13.2. The molecule has 1 fully saturated rings. The summed E-state index contributed by atoms with van der Waals surface area (Å²) in [4.78, 5) is 13.0. The van der Waals surface area contributed by atoms with E-state index in [2.05, 4.69) is 0 Å². The van der Waals surface area contributed by atoms with E-state index >= 15 is 0 Å². The quantitative estimate of drug-likeness (QED) is 0.927. The van der Waals surface area contributed by atoms with Crippen LogP contribution in [0, 0.1) is 13.8 Å². The van der Waals surface area contributed by atoms with Crippen molar-refractivity contribution < 1.29 is 22.7 Å². The molecule has 0 saturated carbocycles. The van der Waals surface area contributed by atoms with E-state index in [1.807, 2.05) is 26.0 Å². The number of benzene rings is 1. The molecule has 23 heavy (non-hydrogen) atoms. The molecule has 0 spiro atoms. The van der Waals surface area contributed by atoms with Gasteiger partial charge < -0.3 is 15.4 Å². The molecule has 0 unspecified atom stereocenters. The normalized spacial score (nSPS) is 22.1. The average molecular weight is 330 g/mol. The van der Waals surface area contributed by atoms with Crippen LogP contribution in [-0.2, 0) is 4.79 Å². The maximum absolute atomic E-state index is 13.1. The summed E-state index contributed by atoms with van der Waals surface area (Å²) in [5, 5.41) is 0. The molecule has 2 rings (SSSR count). The number of hydrogen-bond donors (Lipinski definition) is 1. The van der Waals surface area contributed by atoms with Crippen LogP contribution in [-0.4, -0.2) is 42.2 Å². The third kappa shape index (κ3) is 4.37. The van der Waals surface area contributed by atoms with Gasteiger partial charge in [-0.15, -0.1) is 0 Å². The lowest BCUT2D eigenvalue weighted by Crippen LogP contribution is -2.57. The Labute approximate surface area is 133 Å². The maximum Gasteiger partial charge on any atom is 0.408 e. The molecular formula is C16H21F3N2O2. The maximum atomic E-state index is 13.1. The van der Waals surface area contributed by atoms with Crippen LogP contribution in [0.1, 0.15) is 24.0 Å². The Balaban J connectivity index is 2.06. The number of alkyl halides is 3. The fourth-order valence-corrected chi connectivity index (χ4v) is 2.70. The van der Waals surface area contributed by atoms with Gasteiger partial charge in [0.1, 0.15) is 11.8 Å². The van der Waals surface area contributed by atoms with Gasteiger partial charge in [-0.1, -0.05) is 12.1 Å². The minimum absolute atomic E-state index is 0.0980. The van der Waals surface area contributed by atoms with E-state index < -0.39 is 30.8 Å². The highest BCUT2D eigenvalue weighted by atomic mass is 19.4. The van der Waals surface area contributed by atoms with Gasteiger partial charge in [-0.3, -0.25) is 4.79 Å². The molecule has 0 radical (unpaired) electrons. The smallest absolute Gasteiger partial charge is 0.408 e. The first-order chi connectivity index (χ1) is 10.7. The van der Waals surface area contributed by atoms with Gasteiger partial charge in [0, 0.05) is 12.6 Å². The number of halogens is 3. The minimum atomic E-state index is -4.45. The Morgan fingerprint density at radius 2 is 2.04 bits per heavy atom. The van der Waals surface area contributed by atoms with Crippen LogP contribution in [0.2, 0.25) is 0 Å². The number of carbonyl (C=O) groups excluding carboxylic acids is 1. The van der Waals surface area contributed by atoms with Crippen molar-refractivity contribution in [2.45, 2.75) is 44.9 Å². The lowest BCUT2D eigenvalue weighted by Gasteiger charge is -2.39. The van der Waals surface area contributed by atoms with Gasteiger partial charge in [0.05, 0.1) is 0 Å². The van der Waals surface area contributed by atoms with Crippen molar-refractivity contribution in [1.29, 1.82) is 0 Å².